The quantitative estimate of drug-likeness (QED) is 0.585. The van der Waals surface area contributed by atoms with E-state index in [-0.39, 0.29) is 23.5 Å². The Morgan fingerprint density at radius 1 is 1.07 bits per heavy atom. The first-order valence-corrected chi connectivity index (χ1v) is 10.1. The van der Waals surface area contributed by atoms with Gasteiger partial charge in [0.05, 0.1) is 5.54 Å². The van der Waals surface area contributed by atoms with Crippen molar-refractivity contribution in [1.82, 2.24) is 4.90 Å². The van der Waals surface area contributed by atoms with Crippen LogP contribution < -0.4 is 0 Å². The van der Waals surface area contributed by atoms with Crippen LogP contribution in [-0.4, -0.2) is 35.1 Å². The first kappa shape index (κ1) is 17.0. The summed E-state index contributed by atoms with van der Waals surface area (Å²) in [6.45, 7) is 4.67. The van der Waals surface area contributed by atoms with Gasteiger partial charge in [0, 0.05) is 17.4 Å². The normalized spacial score (nSPS) is 38.2. The van der Waals surface area contributed by atoms with E-state index in [4.69, 9.17) is 4.74 Å². The molecule has 1 heterocycles. The number of benzene rings is 2. The summed E-state index contributed by atoms with van der Waals surface area (Å²) in [5, 5.41) is 0. The van der Waals surface area contributed by atoms with Gasteiger partial charge in [0.1, 0.15) is 12.0 Å². The number of likely N-dealkylation sites (tertiary alicyclic amines) is 1. The molecule has 5 unspecified atom stereocenters. The Kier molecular flexibility index (Phi) is 3.43. The van der Waals surface area contributed by atoms with Gasteiger partial charge in [-0.3, -0.25) is 9.69 Å². The van der Waals surface area contributed by atoms with Gasteiger partial charge < -0.3 is 4.74 Å². The molecular formula is C24H27NO2. The van der Waals surface area contributed by atoms with Crippen molar-refractivity contribution in [1.29, 1.82) is 0 Å². The lowest BCUT2D eigenvalue weighted by atomic mass is 9.89. The summed E-state index contributed by atoms with van der Waals surface area (Å²) in [6.07, 6.45) is 3.19. The molecule has 5 rings (SSSR count). The van der Waals surface area contributed by atoms with E-state index in [1.54, 1.807) is 0 Å². The first-order chi connectivity index (χ1) is 13.0. The largest absolute Gasteiger partial charge is 0.462 e. The molecule has 2 aromatic rings. The van der Waals surface area contributed by atoms with Crippen molar-refractivity contribution >= 4 is 5.97 Å². The maximum Gasteiger partial charge on any atom is 0.318 e. The van der Waals surface area contributed by atoms with Crippen LogP contribution in [0.1, 0.15) is 50.2 Å². The van der Waals surface area contributed by atoms with Gasteiger partial charge in [-0.15, -0.1) is 0 Å². The van der Waals surface area contributed by atoms with E-state index in [9.17, 15) is 4.79 Å². The summed E-state index contributed by atoms with van der Waals surface area (Å²) < 4.78 is 6.13. The monoisotopic (exact) mass is 361 g/mol. The van der Waals surface area contributed by atoms with Gasteiger partial charge in [-0.2, -0.15) is 0 Å². The molecule has 1 spiro atoms. The van der Waals surface area contributed by atoms with Gasteiger partial charge in [0.15, 0.2) is 0 Å². The molecular weight excluding hydrogens is 334 g/mol. The van der Waals surface area contributed by atoms with E-state index < -0.39 is 0 Å². The molecule has 5 atom stereocenters. The summed E-state index contributed by atoms with van der Waals surface area (Å²) in [6, 6.07) is 20.0. The predicted octanol–water partition coefficient (Wildman–Crippen LogP) is 4.38. The van der Waals surface area contributed by atoms with Crippen molar-refractivity contribution in [2.24, 2.45) is 5.41 Å². The van der Waals surface area contributed by atoms with Crippen molar-refractivity contribution in [2.75, 3.05) is 7.05 Å². The minimum atomic E-state index is -0.359. The summed E-state index contributed by atoms with van der Waals surface area (Å²) in [7, 11) is 2.22. The van der Waals surface area contributed by atoms with Crippen LogP contribution in [0.15, 0.2) is 60.7 Å². The van der Waals surface area contributed by atoms with Gasteiger partial charge in [-0.05, 0) is 37.9 Å². The molecule has 0 bridgehead atoms. The second-order valence-corrected chi connectivity index (χ2v) is 8.65. The fraction of sp³-hybridized carbons (Fsp3) is 0.458. The average molecular weight is 361 g/mol. The van der Waals surface area contributed by atoms with Gasteiger partial charge in [0.25, 0.3) is 0 Å². The average Bonchev–Trinajstić information content (AvgIpc) is 3.28. The minimum absolute atomic E-state index is 0.0328. The highest BCUT2D eigenvalue weighted by atomic mass is 16.5. The van der Waals surface area contributed by atoms with Crippen LogP contribution in [0, 0.1) is 5.41 Å². The van der Waals surface area contributed by atoms with Crippen LogP contribution >= 0.6 is 0 Å². The van der Waals surface area contributed by atoms with Crippen molar-refractivity contribution in [3.63, 3.8) is 0 Å². The molecule has 3 heteroatoms. The topological polar surface area (TPSA) is 29.3 Å². The Labute approximate surface area is 161 Å². The number of esters is 1. The maximum absolute atomic E-state index is 13.3. The predicted molar refractivity (Wildman–Crippen MR) is 105 cm³/mol. The summed E-state index contributed by atoms with van der Waals surface area (Å²) in [5.74, 6) is -0.478. The molecule has 1 saturated heterocycles. The number of likely N-dealkylation sites (N-methyl/N-ethyl adjacent to an activating group) is 1. The van der Waals surface area contributed by atoms with Crippen molar-refractivity contribution in [3.8, 4) is 0 Å². The highest BCUT2D eigenvalue weighted by Gasteiger charge is 3.02. The SMILES string of the molecule is CCC12CC(OC(=O)C(c3ccccc3)c3ccccc3)CC13N(C)C23C. The molecule has 140 valence electrons. The first-order valence-electron chi connectivity index (χ1n) is 10.1. The van der Waals surface area contributed by atoms with Gasteiger partial charge >= 0.3 is 5.97 Å². The molecule has 27 heavy (non-hydrogen) atoms. The van der Waals surface area contributed by atoms with Crippen LogP contribution in [0.3, 0.4) is 0 Å². The Bertz CT molecular complexity index is 828. The molecule has 3 fully saturated rings. The molecule has 0 N–H and O–H groups in total. The zero-order chi connectivity index (χ0) is 18.9. The number of carbonyl (C=O) groups is 1. The smallest absolute Gasteiger partial charge is 0.318 e. The molecule has 0 radical (unpaired) electrons. The number of rotatable bonds is 5. The lowest BCUT2D eigenvalue weighted by Crippen LogP contribution is -2.33. The van der Waals surface area contributed by atoms with Crippen LogP contribution in [0.25, 0.3) is 0 Å². The van der Waals surface area contributed by atoms with E-state index in [2.05, 4.69) is 25.8 Å². The van der Waals surface area contributed by atoms with Crippen LogP contribution in [0.4, 0.5) is 0 Å². The molecule has 3 aliphatic rings. The van der Waals surface area contributed by atoms with E-state index >= 15 is 0 Å². The van der Waals surface area contributed by atoms with E-state index in [1.165, 1.54) is 6.42 Å². The number of hydrogen-bond acceptors (Lipinski definition) is 3. The standard InChI is InChI=1S/C24H27NO2/c1-4-23-15-19(16-24(23)22(23,2)25(24)3)27-21(26)20(17-11-7-5-8-12-17)18-13-9-6-10-14-18/h5-14,19-20H,4,15-16H2,1-3H3. The van der Waals surface area contributed by atoms with Crippen molar-refractivity contribution < 1.29 is 9.53 Å². The molecule has 3 nitrogen and oxygen atoms in total. The Morgan fingerprint density at radius 2 is 1.63 bits per heavy atom. The molecule has 2 aliphatic carbocycles. The fourth-order valence-electron chi connectivity index (χ4n) is 6.76. The third kappa shape index (κ3) is 1.88. The zero-order valence-corrected chi connectivity index (χ0v) is 16.3. The van der Waals surface area contributed by atoms with E-state index in [1.807, 2.05) is 60.7 Å². The molecule has 1 aliphatic heterocycles. The van der Waals surface area contributed by atoms with Gasteiger partial charge in [0.2, 0.25) is 0 Å². The number of ether oxygens (including phenoxy) is 1. The van der Waals surface area contributed by atoms with E-state index in [0.717, 1.165) is 24.0 Å². The van der Waals surface area contributed by atoms with Gasteiger partial charge in [-0.1, -0.05) is 67.6 Å². The molecule has 2 saturated carbocycles. The number of carbonyl (C=O) groups excluding carboxylic acids is 1. The summed E-state index contributed by atoms with van der Waals surface area (Å²) in [4.78, 5) is 15.7. The highest BCUT2D eigenvalue weighted by molar-refractivity contribution is 5.82. The molecule has 0 aromatic heterocycles. The summed E-state index contributed by atoms with van der Waals surface area (Å²) in [5.41, 5.74) is 2.97. The molecule has 0 amide bonds. The minimum Gasteiger partial charge on any atom is -0.462 e. The number of nitrogens with zero attached hydrogens (tertiary/aromatic N) is 1. The molecule has 2 aromatic carbocycles. The fourth-order valence-corrected chi connectivity index (χ4v) is 6.76. The van der Waals surface area contributed by atoms with Crippen LogP contribution in [-0.2, 0) is 9.53 Å². The summed E-state index contributed by atoms with van der Waals surface area (Å²) >= 11 is 0. The van der Waals surface area contributed by atoms with Crippen LogP contribution in [0.5, 0.6) is 0 Å². The van der Waals surface area contributed by atoms with E-state index in [0.29, 0.717) is 11.0 Å². The lowest BCUT2D eigenvalue weighted by Gasteiger charge is -2.29. The van der Waals surface area contributed by atoms with Crippen LogP contribution in [0.2, 0.25) is 0 Å². The third-order valence-electron chi connectivity index (χ3n) is 8.15. The highest BCUT2D eigenvalue weighted by Crippen LogP contribution is 2.92. The number of hydrogen-bond donors (Lipinski definition) is 0. The van der Waals surface area contributed by atoms with Gasteiger partial charge in [-0.25, -0.2) is 0 Å². The number of fused-ring (bicyclic) bond motifs is 1. The Balaban J connectivity index is 1.38. The Morgan fingerprint density at radius 3 is 2.07 bits per heavy atom. The third-order valence-corrected chi connectivity index (χ3v) is 8.15. The van der Waals surface area contributed by atoms with Crippen molar-refractivity contribution in [2.45, 2.75) is 56.2 Å². The second-order valence-electron chi connectivity index (χ2n) is 8.65. The second kappa shape index (κ2) is 5.45. The van der Waals surface area contributed by atoms with Crippen molar-refractivity contribution in [3.05, 3.63) is 71.8 Å². The Hall–Kier alpha value is -2.13. The zero-order valence-electron chi connectivity index (χ0n) is 16.3. The maximum atomic E-state index is 13.3. The lowest BCUT2D eigenvalue weighted by molar-refractivity contribution is -0.150.